The van der Waals surface area contributed by atoms with Crippen LogP contribution in [0.15, 0.2) is 24.9 Å². The first-order valence-electron chi connectivity index (χ1n) is 5.71. The topological polar surface area (TPSA) is 51.2 Å². The molecule has 20 heavy (non-hydrogen) atoms. The third kappa shape index (κ3) is 4.91. The van der Waals surface area contributed by atoms with Gasteiger partial charge in [0.15, 0.2) is 0 Å². The molecule has 0 fully saturated rings. The predicted octanol–water partition coefficient (Wildman–Crippen LogP) is 4.00. The van der Waals surface area contributed by atoms with Gasteiger partial charge in [-0.05, 0) is 38.5 Å². The molecule has 0 aliphatic rings. The van der Waals surface area contributed by atoms with Gasteiger partial charge in [0.25, 0.3) is 0 Å². The Morgan fingerprint density at radius 3 is 2.45 bits per heavy atom. The smallest absolute Gasteiger partial charge is 0.416 e. The van der Waals surface area contributed by atoms with Crippen LogP contribution in [-0.4, -0.2) is 22.9 Å². The molecule has 1 rings (SSSR count). The number of nitrogens with zero attached hydrogens (tertiary/aromatic N) is 1. The number of carbonyl (C=O) groups is 1. The molecule has 1 amide bonds. The van der Waals surface area contributed by atoms with E-state index >= 15 is 0 Å². The Labute approximate surface area is 114 Å². The van der Waals surface area contributed by atoms with E-state index in [1.165, 1.54) is 0 Å². The van der Waals surface area contributed by atoms with Gasteiger partial charge < -0.3 is 4.74 Å². The molecular weight excluding hydrogens is 273 g/mol. The maximum absolute atomic E-state index is 12.5. The second-order valence-corrected chi connectivity index (χ2v) is 5.03. The fraction of sp³-hybridized carbons (Fsp3) is 0.385. The average Bonchev–Trinajstić information content (AvgIpc) is 2.24. The summed E-state index contributed by atoms with van der Waals surface area (Å²) in [5.41, 5.74) is -1.89. The zero-order valence-corrected chi connectivity index (χ0v) is 11.3. The summed E-state index contributed by atoms with van der Waals surface area (Å²) >= 11 is 0. The molecule has 1 N–H and O–H groups in total. The van der Waals surface area contributed by atoms with Crippen molar-refractivity contribution in [2.24, 2.45) is 0 Å². The number of alkyl halides is 3. The fourth-order valence-corrected chi connectivity index (χ4v) is 1.26. The minimum Gasteiger partial charge on any atom is -0.444 e. The third-order valence-corrected chi connectivity index (χ3v) is 2.08. The number of amides is 1. The number of hydrogen-bond donors (Lipinski definition) is 1. The summed E-state index contributed by atoms with van der Waals surface area (Å²) in [6.07, 6.45) is -4.18. The van der Waals surface area contributed by atoms with Crippen LogP contribution in [0.1, 0.15) is 26.3 Å². The molecule has 0 radical (unpaired) electrons. The largest absolute Gasteiger partial charge is 0.444 e. The van der Waals surface area contributed by atoms with E-state index in [9.17, 15) is 18.0 Å². The van der Waals surface area contributed by atoms with Crippen molar-refractivity contribution in [2.75, 3.05) is 5.32 Å². The van der Waals surface area contributed by atoms with Crippen molar-refractivity contribution in [2.45, 2.75) is 32.5 Å². The maximum atomic E-state index is 12.5. The molecule has 7 heteroatoms. The van der Waals surface area contributed by atoms with Crippen LogP contribution in [0.3, 0.4) is 0 Å². The Bertz CT molecular complexity index is 519. The molecule has 0 spiro atoms. The number of allylic oxidation sites excluding steroid dienone is 1. The van der Waals surface area contributed by atoms with Crippen molar-refractivity contribution < 1.29 is 22.7 Å². The molecule has 0 bridgehead atoms. The van der Waals surface area contributed by atoms with Gasteiger partial charge in [-0.1, -0.05) is 6.58 Å². The van der Waals surface area contributed by atoms with Crippen LogP contribution in [0.5, 0.6) is 0 Å². The molecular formula is C13H15F3N2O2. The number of anilines is 1. The summed E-state index contributed by atoms with van der Waals surface area (Å²) in [5, 5.41) is 2.26. The van der Waals surface area contributed by atoms with Crippen molar-refractivity contribution in [3.05, 3.63) is 30.5 Å². The van der Waals surface area contributed by atoms with Crippen molar-refractivity contribution in [3.8, 4) is 0 Å². The molecule has 0 unspecified atom stereocenters. The number of carbonyl (C=O) groups excluding carboxylic acids is 1. The first kappa shape index (κ1) is 16.0. The number of rotatable bonds is 2. The first-order valence-corrected chi connectivity index (χ1v) is 5.71. The lowest BCUT2D eigenvalue weighted by molar-refractivity contribution is -0.0686. The van der Waals surface area contributed by atoms with E-state index in [2.05, 4.69) is 16.9 Å². The normalized spacial score (nSPS) is 11.9. The molecule has 0 saturated heterocycles. The number of hydrogen-bond acceptors (Lipinski definition) is 3. The Hall–Kier alpha value is -2.05. The number of ether oxygens (including phenoxy) is 1. The van der Waals surface area contributed by atoms with E-state index in [1.807, 2.05) is 0 Å². The molecule has 1 aromatic rings. The summed E-state index contributed by atoms with van der Waals surface area (Å²) < 4.78 is 42.5. The highest BCUT2D eigenvalue weighted by molar-refractivity contribution is 5.84. The van der Waals surface area contributed by atoms with Gasteiger partial charge in [-0.2, -0.15) is 13.2 Å². The fourth-order valence-electron chi connectivity index (χ4n) is 1.26. The van der Waals surface area contributed by atoms with Crippen LogP contribution in [0.25, 0.3) is 5.57 Å². The Balaban J connectivity index is 2.84. The van der Waals surface area contributed by atoms with Crippen LogP contribution in [0.2, 0.25) is 0 Å². The molecule has 0 aliphatic carbocycles. The lowest BCUT2D eigenvalue weighted by Gasteiger charge is -2.19. The number of halogens is 3. The van der Waals surface area contributed by atoms with Crippen molar-refractivity contribution >= 4 is 17.5 Å². The van der Waals surface area contributed by atoms with E-state index in [-0.39, 0.29) is 11.4 Å². The zero-order chi connectivity index (χ0) is 15.6. The van der Waals surface area contributed by atoms with Gasteiger partial charge in [0.05, 0.1) is 5.57 Å². The van der Waals surface area contributed by atoms with Gasteiger partial charge >= 0.3 is 12.3 Å². The molecule has 110 valence electrons. The quantitative estimate of drug-likeness (QED) is 0.894. The summed E-state index contributed by atoms with van der Waals surface area (Å²) in [6.45, 7) is 7.98. The standard InChI is InChI=1S/C13H15F3N2O2/c1-8(13(14,15)16)9-5-6-17-10(7-9)18-11(19)20-12(2,3)4/h5-7H,1H2,2-4H3,(H,17,18,19). The number of aromatic nitrogens is 1. The second-order valence-electron chi connectivity index (χ2n) is 5.03. The zero-order valence-electron chi connectivity index (χ0n) is 11.3. The lowest BCUT2D eigenvalue weighted by atomic mass is 10.1. The third-order valence-electron chi connectivity index (χ3n) is 2.08. The lowest BCUT2D eigenvalue weighted by Crippen LogP contribution is -2.27. The van der Waals surface area contributed by atoms with E-state index in [4.69, 9.17) is 4.74 Å². The van der Waals surface area contributed by atoms with Crippen LogP contribution >= 0.6 is 0 Å². The maximum Gasteiger partial charge on any atom is 0.416 e. The van der Waals surface area contributed by atoms with Gasteiger partial charge in [0.2, 0.25) is 0 Å². The van der Waals surface area contributed by atoms with Crippen molar-refractivity contribution in [3.63, 3.8) is 0 Å². The average molecular weight is 288 g/mol. The van der Waals surface area contributed by atoms with Gasteiger partial charge in [0.1, 0.15) is 11.4 Å². The van der Waals surface area contributed by atoms with E-state index in [1.54, 1.807) is 20.8 Å². The van der Waals surface area contributed by atoms with Gasteiger partial charge in [-0.15, -0.1) is 0 Å². The SMILES string of the molecule is C=C(c1ccnc(NC(=O)OC(C)(C)C)c1)C(F)(F)F. The summed E-state index contributed by atoms with van der Waals surface area (Å²) in [6, 6.07) is 2.25. The number of pyridine rings is 1. The minimum absolute atomic E-state index is 0.0397. The van der Waals surface area contributed by atoms with E-state index in [0.29, 0.717) is 0 Å². The van der Waals surface area contributed by atoms with E-state index < -0.39 is 23.4 Å². The molecule has 0 saturated carbocycles. The highest BCUT2D eigenvalue weighted by Gasteiger charge is 2.33. The first-order chi connectivity index (χ1) is 8.99. The molecule has 1 heterocycles. The highest BCUT2D eigenvalue weighted by Crippen LogP contribution is 2.32. The highest BCUT2D eigenvalue weighted by atomic mass is 19.4. The molecule has 0 atom stereocenters. The minimum atomic E-state index is -4.54. The van der Waals surface area contributed by atoms with Crippen LogP contribution in [0.4, 0.5) is 23.8 Å². The molecule has 1 aromatic heterocycles. The Morgan fingerprint density at radius 1 is 1.35 bits per heavy atom. The summed E-state index contributed by atoms with van der Waals surface area (Å²) in [7, 11) is 0. The van der Waals surface area contributed by atoms with Crippen LogP contribution in [-0.2, 0) is 4.74 Å². The van der Waals surface area contributed by atoms with Gasteiger partial charge in [-0.25, -0.2) is 9.78 Å². The van der Waals surface area contributed by atoms with Crippen molar-refractivity contribution in [1.82, 2.24) is 4.98 Å². The van der Waals surface area contributed by atoms with Gasteiger partial charge in [0, 0.05) is 6.20 Å². The predicted molar refractivity (Wildman–Crippen MR) is 69.2 cm³/mol. The second kappa shape index (κ2) is 5.52. The summed E-state index contributed by atoms with van der Waals surface area (Å²) in [5.74, 6) is -0.0397. The monoisotopic (exact) mass is 288 g/mol. The van der Waals surface area contributed by atoms with E-state index in [0.717, 1.165) is 18.3 Å². The van der Waals surface area contributed by atoms with Crippen LogP contribution in [0, 0.1) is 0 Å². The van der Waals surface area contributed by atoms with Crippen molar-refractivity contribution in [1.29, 1.82) is 0 Å². The molecule has 0 aromatic carbocycles. The number of nitrogens with one attached hydrogen (secondary N) is 1. The van der Waals surface area contributed by atoms with Crippen LogP contribution < -0.4 is 5.32 Å². The summed E-state index contributed by atoms with van der Waals surface area (Å²) in [4.78, 5) is 15.2. The van der Waals surface area contributed by atoms with Gasteiger partial charge in [-0.3, -0.25) is 5.32 Å². The Kier molecular flexibility index (Phi) is 4.42. The Morgan fingerprint density at radius 2 is 1.95 bits per heavy atom. The molecule has 0 aliphatic heterocycles. The molecule has 4 nitrogen and oxygen atoms in total.